The summed E-state index contributed by atoms with van der Waals surface area (Å²) >= 11 is 0. The quantitative estimate of drug-likeness (QED) is 0.630. The highest BCUT2D eigenvalue weighted by Gasteiger charge is 2.46. The minimum atomic E-state index is -0.125. The van der Waals surface area contributed by atoms with Crippen molar-refractivity contribution >= 4 is 5.97 Å². The first kappa shape index (κ1) is 14.4. The molecule has 2 saturated heterocycles. The third kappa shape index (κ3) is 3.82. The summed E-state index contributed by atoms with van der Waals surface area (Å²) in [5.74, 6) is 0.0116. The van der Waals surface area contributed by atoms with E-state index in [9.17, 15) is 4.79 Å². The predicted octanol–water partition coefficient (Wildman–Crippen LogP) is 2.36. The Kier molecular flexibility index (Phi) is 7.39. The minimum absolute atomic E-state index is 0.0116. The average Bonchev–Trinajstić information content (AvgIpc) is 2.84. The van der Waals surface area contributed by atoms with Gasteiger partial charge in [-0.15, -0.1) is 0 Å². The fourth-order valence-electron chi connectivity index (χ4n) is 1.73. The Morgan fingerprint density at radius 2 is 1.93 bits per heavy atom. The van der Waals surface area contributed by atoms with E-state index in [4.69, 9.17) is 4.74 Å². The number of esters is 1. The summed E-state index contributed by atoms with van der Waals surface area (Å²) in [6.07, 6.45) is 3.13. The van der Waals surface area contributed by atoms with Crippen molar-refractivity contribution in [2.24, 2.45) is 5.41 Å². The van der Waals surface area contributed by atoms with Crippen LogP contribution in [0.25, 0.3) is 0 Å². The lowest BCUT2D eigenvalue weighted by Crippen LogP contribution is -2.28. The van der Waals surface area contributed by atoms with E-state index in [2.05, 4.69) is 19.2 Å². The third-order valence-corrected chi connectivity index (χ3v) is 2.49. The van der Waals surface area contributed by atoms with Gasteiger partial charge in [0.1, 0.15) is 0 Å². The lowest BCUT2D eigenvalue weighted by atomic mass is 9.86. The molecule has 0 amide bonds. The van der Waals surface area contributed by atoms with E-state index in [-0.39, 0.29) is 11.4 Å². The molecule has 0 aliphatic carbocycles. The number of carbonyl (C=O) groups is 1. The molecule has 2 fully saturated rings. The number of ether oxygens (including phenoxy) is 1. The van der Waals surface area contributed by atoms with Gasteiger partial charge < -0.3 is 10.1 Å². The Bertz CT molecular complexity index is 169. The molecule has 2 rings (SSSR count). The molecule has 1 atom stereocenters. The summed E-state index contributed by atoms with van der Waals surface area (Å²) in [5, 5.41) is 3.18. The Morgan fingerprint density at radius 1 is 1.33 bits per heavy atom. The summed E-state index contributed by atoms with van der Waals surface area (Å²) in [4.78, 5) is 11.1. The molecular formula is C12H25NO2. The van der Waals surface area contributed by atoms with Crippen molar-refractivity contribution in [1.82, 2.24) is 5.32 Å². The molecule has 2 heterocycles. The van der Waals surface area contributed by atoms with Gasteiger partial charge in [-0.05, 0) is 19.4 Å². The summed E-state index contributed by atoms with van der Waals surface area (Å²) in [6.45, 7) is 10.7. The number of carbonyl (C=O) groups excluding carboxylic acids is 1. The number of rotatable bonds is 0. The number of cyclic esters (lactones) is 1. The molecule has 0 aromatic carbocycles. The fourth-order valence-corrected chi connectivity index (χ4v) is 1.73. The van der Waals surface area contributed by atoms with Gasteiger partial charge in [-0.2, -0.15) is 0 Å². The van der Waals surface area contributed by atoms with Crippen molar-refractivity contribution in [1.29, 1.82) is 0 Å². The van der Waals surface area contributed by atoms with E-state index >= 15 is 0 Å². The molecule has 0 bridgehead atoms. The maximum Gasteiger partial charge on any atom is 0.313 e. The summed E-state index contributed by atoms with van der Waals surface area (Å²) < 4.78 is 4.91. The Hall–Kier alpha value is -0.570. The predicted molar refractivity (Wildman–Crippen MR) is 62.8 cm³/mol. The summed E-state index contributed by atoms with van der Waals surface area (Å²) in [7, 11) is 0. The van der Waals surface area contributed by atoms with Crippen LogP contribution in [0, 0.1) is 5.41 Å². The maximum absolute atomic E-state index is 11.1. The summed E-state index contributed by atoms with van der Waals surface area (Å²) in [6, 6.07) is 0. The van der Waals surface area contributed by atoms with Crippen LogP contribution in [0.15, 0.2) is 0 Å². The number of hydrogen-bond acceptors (Lipinski definition) is 3. The maximum atomic E-state index is 11.1. The topological polar surface area (TPSA) is 38.3 Å². The molecule has 2 aliphatic rings. The molecule has 2 aliphatic heterocycles. The van der Waals surface area contributed by atoms with Gasteiger partial charge in [0.2, 0.25) is 0 Å². The van der Waals surface area contributed by atoms with Gasteiger partial charge in [0.05, 0.1) is 12.0 Å². The molecular weight excluding hydrogens is 190 g/mol. The third-order valence-electron chi connectivity index (χ3n) is 2.49. The van der Waals surface area contributed by atoms with E-state index in [1.54, 1.807) is 0 Å². The van der Waals surface area contributed by atoms with Crippen LogP contribution < -0.4 is 5.32 Å². The van der Waals surface area contributed by atoms with E-state index in [1.165, 1.54) is 6.42 Å². The van der Waals surface area contributed by atoms with E-state index in [0.717, 1.165) is 25.9 Å². The van der Waals surface area contributed by atoms with Crippen LogP contribution in [0.5, 0.6) is 0 Å². The van der Waals surface area contributed by atoms with Crippen molar-refractivity contribution in [3.05, 3.63) is 0 Å². The molecule has 0 radical (unpaired) electrons. The molecule has 0 aromatic rings. The SMILES string of the molecule is CC.CCC.O=C1OCCC12CCNC2. The molecule has 0 aromatic heterocycles. The molecule has 1 spiro atoms. The molecule has 3 nitrogen and oxygen atoms in total. The molecule has 90 valence electrons. The van der Waals surface area contributed by atoms with Crippen LogP contribution in [0.4, 0.5) is 0 Å². The molecule has 15 heavy (non-hydrogen) atoms. The average molecular weight is 215 g/mol. The second-order valence-electron chi connectivity index (χ2n) is 3.80. The van der Waals surface area contributed by atoms with Crippen LogP contribution in [0.2, 0.25) is 0 Å². The monoisotopic (exact) mass is 215 g/mol. The second-order valence-corrected chi connectivity index (χ2v) is 3.80. The van der Waals surface area contributed by atoms with Crippen molar-refractivity contribution in [3.63, 3.8) is 0 Å². The van der Waals surface area contributed by atoms with E-state index in [1.807, 2.05) is 13.8 Å². The van der Waals surface area contributed by atoms with Gasteiger partial charge in [0, 0.05) is 6.54 Å². The van der Waals surface area contributed by atoms with Crippen LogP contribution in [-0.4, -0.2) is 25.7 Å². The highest BCUT2D eigenvalue weighted by atomic mass is 16.5. The van der Waals surface area contributed by atoms with E-state index < -0.39 is 0 Å². The Labute approximate surface area is 93.6 Å². The molecule has 3 heteroatoms. The first-order valence-electron chi connectivity index (χ1n) is 6.13. The lowest BCUT2D eigenvalue weighted by Gasteiger charge is -2.14. The van der Waals surface area contributed by atoms with E-state index in [0.29, 0.717) is 6.61 Å². The van der Waals surface area contributed by atoms with Gasteiger partial charge in [0.15, 0.2) is 0 Å². The Balaban J connectivity index is 0.000000342. The largest absolute Gasteiger partial charge is 0.465 e. The highest BCUT2D eigenvalue weighted by Crippen LogP contribution is 2.35. The van der Waals surface area contributed by atoms with Crippen molar-refractivity contribution in [2.75, 3.05) is 19.7 Å². The first-order chi connectivity index (χ1) is 7.25. The number of hydrogen-bond donors (Lipinski definition) is 1. The van der Waals surface area contributed by atoms with Crippen molar-refractivity contribution < 1.29 is 9.53 Å². The van der Waals surface area contributed by atoms with Crippen molar-refractivity contribution in [2.45, 2.75) is 47.0 Å². The highest BCUT2D eigenvalue weighted by molar-refractivity contribution is 5.79. The zero-order valence-electron chi connectivity index (χ0n) is 10.6. The van der Waals surface area contributed by atoms with Crippen LogP contribution in [0.1, 0.15) is 47.0 Å². The number of nitrogens with one attached hydrogen (secondary N) is 1. The zero-order valence-corrected chi connectivity index (χ0v) is 10.6. The Morgan fingerprint density at radius 3 is 2.27 bits per heavy atom. The van der Waals surface area contributed by atoms with Gasteiger partial charge >= 0.3 is 5.97 Å². The normalized spacial score (nSPS) is 27.6. The fraction of sp³-hybridized carbons (Fsp3) is 0.917. The summed E-state index contributed by atoms with van der Waals surface area (Å²) in [5.41, 5.74) is -0.125. The van der Waals surface area contributed by atoms with Crippen LogP contribution >= 0.6 is 0 Å². The smallest absolute Gasteiger partial charge is 0.313 e. The molecule has 1 N–H and O–H groups in total. The van der Waals surface area contributed by atoms with Crippen LogP contribution in [0.3, 0.4) is 0 Å². The minimum Gasteiger partial charge on any atom is -0.465 e. The lowest BCUT2D eigenvalue weighted by molar-refractivity contribution is -0.145. The first-order valence-corrected chi connectivity index (χ1v) is 6.13. The van der Waals surface area contributed by atoms with Gasteiger partial charge in [-0.1, -0.05) is 34.1 Å². The van der Waals surface area contributed by atoms with Gasteiger partial charge in [-0.3, -0.25) is 4.79 Å². The molecule has 0 saturated carbocycles. The van der Waals surface area contributed by atoms with Crippen molar-refractivity contribution in [3.8, 4) is 0 Å². The molecule has 1 unspecified atom stereocenters. The van der Waals surface area contributed by atoms with Gasteiger partial charge in [0.25, 0.3) is 0 Å². The van der Waals surface area contributed by atoms with Crippen LogP contribution in [-0.2, 0) is 9.53 Å². The second kappa shape index (κ2) is 7.69. The zero-order chi connectivity index (χ0) is 11.7. The standard InChI is InChI=1S/C7H11NO2.C3H8.C2H6/c9-6-7(2-4-10-6)1-3-8-5-7;1-3-2;1-2/h8H,1-5H2;3H2,1-2H3;1-2H3. The van der Waals surface area contributed by atoms with Gasteiger partial charge in [-0.25, -0.2) is 0 Å².